The minimum atomic E-state index is -0.787. The molecule has 2 fully saturated rings. The van der Waals surface area contributed by atoms with E-state index in [0.29, 0.717) is 37.5 Å². The molecular formula is C22H30ClN3O5. The molecule has 1 aromatic carbocycles. The zero-order valence-electron chi connectivity index (χ0n) is 18.0. The smallest absolute Gasteiger partial charge is 0.338 e. The number of benzene rings is 1. The van der Waals surface area contributed by atoms with Crippen LogP contribution in [0.1, 0.15) is 26.7 Å². The van der Waals surface area contributed by atoms with Crippen molar-refractivity contribution in [2.75, 3.05) is 44.2 Å². The van der Waals surface area contributed by atoms with E-state index in [0.717, 1.165) is 18.8 Å². The molecule has 0 unspecified atom stereocenters. The Hall–Kier alpha value is -2.32. The Bertz CT molecular complexity index is 797. The van der Waals surface area contributed by atoms with Crippen molar-refractivity contribution in [3.63, 3.8) is 0 Å². The molecule has 0 radical (unpaired) electrons. The Kier molecular flexibility index (Phi) is 8.15. The summed E-state index contributed by atoms with van der Waals surface area (Å²) in [7, 11) is 0. The van der Waals surface area contributed by atoms with Gasteiger partial charge in [-0.15, -0.1) is 0 Å². The van der Waals surface area contributed by atoms with E-state index in [1.165, 1.54) is 0 Å². The zero-order valence-corrected chi connectivity index (χ0v) is 18.8. The van der Waals surface area contributed by atoms with Gasteiger partial charge in [-0.25, -0.2) is 4.79 Å². The number of piperazine rings is 1. The Morgan fingerprint density at radius 1 is 1.23 bits per heavy atom. The number of hydrogen-bond donors (Lipinski definition) is 1. The Labute approximate surface area is 187 Å². The van der Waals surface area contributed by atoms with Crippen molar-refractivity contribution in [2.45, 2.75) is 38.9 Å². The molecule has 2 heterocycles. The van der Waals surface area contributed by atoms with Crippen molar-refractivity contribution in [1.82, 2.24) is 10.2 Å². The van der Waals surface area contributed by atoms with Gasteiger partial charge in [0.2, 0.25) is 5.91 Å². The topological polar surface area (TPSA) is 91.5 Å². The van der Waals surface area contributed by atoms with Gasteiger partial charge in [-0.05, 0) is 37.5 Å². The Morgan fingerprint density at radius 3 is 2.65 bits per heavy atom. The third kappa shape index (κ3) is 6.58. The molecule has 0 bridgehead atoms. The van der Waals surface area contributed by atoms with E-state index in [1.807, 2.05) is 36.1 Å². The highest BCUT2D eigenvalue weighted by Crippen LogP contribution is 2.24. The second-order valence-electron chi connectivity index (χ2n) is 7.97. The van der Waals surface area contributed by atoms with Crippen LogP contribution in [0.5, 0.6) is 0 Å². The lowest BCUT2D eigenvalue weighted by atomic mass is 10.0. The second-order valence-corrected chi connectivity index (χ2v) is 8.40. The van der Waals surface area contributed by atoms with Crippen molar-refractivity contribution in [3.05, 3.63) is 29.3 Å². The average Bonchev–Trinajstić information content (AvgIpc) is 3.55. The van der Waals surface area contributed by atoms with E-state index in [1.54, 1.807) is 6.92 Å². The number of carbonyl (C=O) groups is 3. The first-order valence-corrected chi connectivity index (χ1v) is 11.1. The van der Waals surface area contributed by atoms with Gasteiger partial charge in [-0.1, -0.05) is 24.6 Å². The molecule has 2 saturated heterocycles. The lowest BCUT2D eigenvalue weighted by Crippen LogP contribution is -2.49. The maximum atomic E-state index is 12.6. The zero-order chi connectivity index (χ0) is 22.4. The number of epoxide rings is 1. The summed E-state index contributed by atoms with van der Waals surface area (Å²) in [5.74, 6) is -0.539. The fourth-order valence-electron chi connectivity index (χ4n) is 3.67. The molecule has 8 nitrogen and oxygen atoms in total. The summed E-state index contributed by atoms with van der Waals surface area (Å²) in [5.41, 5.74) is 1.08. The summed E-state index contributed by atoms with van der Waals surface area (Å²) in [6.07, 6.45) is -0.425. The van der Waals surface area contributed by atoms with Crippen LogP contribution < -0.4 is 10.2 Å². The van der Waals surface area contributed by atoms with E-state index < -0.39 is 18.2 Å². The second kappa shape index (κ2) is 10.8. The van der Waals surface area contributed by atoms with Gasteiger partial charge >= 0.3 is 5.97 Å². The largest absolute Gasteiger partial charge is 0.464 e. The standard InChI is InChI=1S/C22H30ClN3O5/c1-3-30-22(29)20-19(31-20)21(28)24-8-7-15(2)13-18(27)26-11-9-25(10-12-26)17-6-4-5-16(23)14-17/h4-6,14-15,19-20H,3,7-13H2,1-2H3,(H,24,28)/t15-,19-,20-/m0/s1. The lowest BCUT2D eigenvalue weighted by Gasteiger charge is -2.36. The molecule has 0 aliphatic carbocycles. The lowest BCUT2D eigenvalue weighted by molar-refractivity contribution is -0.144. The molecule has 2 aliphatic rings. The summed E-state index contributed by atoms with van der Waals surface area (Å²) in [6.45, 7) is 7.32. The molecule has 0 aromatic heterocycles. The number of ether oxygens (including phenoxy) is 2. The van der Waals surface area contributed by atoms with Gasteiger partial charge < -0.3 is 24.6 Å². The summed E-state index contributed by atoms with van der Waals surface area (Å²) in [5, 5.41) is 3.48. The number of amides is 2. The SMILES string of the molecule is CCOC(=O)[C@H]1O[C@@H]1C(=O)NCC[C@H](C)CC(=O)N1CCN(c2cccc(Cl)c2)CC1. The van der Waals surface area contributed by atoms with Crippen LogP contribution in [0.2, 0.25) is 5.02 Å². The highest BCUT2D eigenvalue weighted by Gasteiger charge is 2.51. The van der Waals surface area contributed by atoms with Crippen LogP contribution in [-0.2, 0) is 23.9 Å². The third-order valence-electron chi connectivity index (χ3n) is 5.53. The van der Waals surface area contributed by atoms with Gasteiger partial charge in [0.05, 0.1) is 6.61 Å². The van der Waals surface area contributed by atoms with E-state index in [-0.39, 0.29) is 24.3 Å². The monoisotopic (exact) mass is 451 g/mol. The quantitative estimate of drug-likeness (QED) is 0.455. The van der Waals surface area contributed by atoms with Crippen molar-refractivity contribution >= 4 is 35.1 Å². The van der Waals surface area contributed by atoms with Crippen LogP contribution in [0, 0.1) is 5.92 Å². The minimum Gasteiger partial charge on any atom is -0.464 e. The Morgan fingerprint density at radius 2 is 1.97 bits per heavy atom. The van der Waals surface area contributed by atoms with E-state index in [4.69, 9.17) is 21.1 Å². The first-order valence-electron chi connectivity index (χ1n) is 10.8. The first-order chi connectivity index (χ1) is 14.9. The summed E-state index contributed by atoms with van der Waals surface area (Å²) < 4.78 is 9.92. The van der Waals surface area contributed by atoms with Gasteiger partial charge in [-0.3, -0.25) is 9.59 Å². The van der Waals surface area contributed by atoms with Crippen molar-refractivity contribution in [1.29, 1.82) is 0 Å². The normalized spacial score (nSPS) is 21.4. The number of halogens is 1. The number of anilines is 1. The van der Waals surface area contributed by atoms with E-state index in [9.17, 15) is 14.4 Å². The number of esters is 1. The molecule has 0 spiro atoms. The molecule has 1 N–H and O–H groups in total. The molecule has 2 aliphatic heterocycles. The van der Waals surface area contributed by atoms with Crippen LogP contribution in [0.3, 0.4) is 0 Å². The fourth-order valence-corrected chi connectivity index (χ4v) is 3.86. The van der Waals surface area contributed by atoms with Crippen LogP contribution >= 0.6 is 11.6 Å². The van der Waals surface area contributed by atoms with E-state index >= 15 is 0 Å². The predicted molar refractivity (Wildman–Crippen MR) is 117 cm³/mol. The van der Waals surface area contributed by atoms with Crippen LogP contribution in [-0.4, -0.2) is 74.2 Å². The Balaban J connectivity index is 1.32. The van der Waals surface area contributed by atoms with Gasteiger partial charge in [0.25, 0.3) is 5.91 Å². The van der Waals surface area contributed by atoms with Gasteiger partial charge in [0.15, 0.2) is 12.2 Å². The predicted octanol–water partition coefficient (Wildman–Crippen LogP) is 1.85. The van der Waals surface area contributed by atoms with Crippen molar-refractivity contribution < 1.29 is 23.9 Å². The number of rotatable bonds is 9. The van der Waals surface area contributed by atoms with E-state index in [2.05, 4.69) is 10.2 Å². The highest BCUT2D eigenvalue weighted by atomic mass is 35.5. The fraction of sp³-hybridized carbons (Fsp3) is 0.591. The third-order valence-corrected chi connectivity index (χ3v) is 5.77. The van der Waals surface area contributed by atoms with Crippen molar-refractivity contribution in [2.24, 2.45) is 5.92 Å². The minimum absolute atomic E-state index is 0.137. The average molecular weight is 452 g/mol. The number of carbonyl (C=O) groups excluding carboxylic acids is 3. The number of nitrogens with zero attached hydrogens (tertiary/aromatic N) is 2. The van der Waals surface area contributed by atoms with Crippen LogP contribution in [0.4, 0.5) is 5.69 Å². The molecule has 170 valence electrons. The van der Waals surface area contributed by atoms with Gasteiger partial charge in [-0.2, -0.15) is 0 Å². The van der Waals surface area contributed by atoms with Crippen LogP contribution in [0.25, 0.3) is 0 Å². The van der Waals surface area contributed by atoms with Gasteiger partial charge in [0.1, 0.15) is 0 Å². The maximum Gasteiger partial charge on any atom is 0.338 e. The molecule has 1 aromatic rings. The molecule has 3 atom stereocenters. The number of hydrogen-bond acceptors (Lipinski definition) is 6. The van der Waals surface area contributed by atoms with Crippen LogP contribution in [0.15, 0.2) is 24.3 Å². The first kappa shape index (κ1) is 23.3. The number of nitrogens with one attached hydrogen (secondary N) is 1. The molecule has 3 rings (SSSR count). The highest BCUT2D eigenvalue weighted by molar-refractivity contribution is 6.30. The maximum absolute atomic E-state index is 12.6. The molecular weight excluding hydrogens is 422 g/mol. The summed E-state index contributed by atoms with van der Waals surface area (Å²) in [4.78, 5) is 40.3. The van der Waals surface area contributed by atoms with Crippen molar-refractivity contribution in [3.8, 4) is 0 Å². The molecule has 0 saturated carbocycles. The molecule has 2 amide bonds. The summed E-state index contributed by atoms with van der Waals surface area (Å²) >= 11 is 6.07. The summed E-state index contributed by atoms with van der Waals surface area (Å²) in [6, 6.07) is 7.76. The molecule has 31 heavy (non-hydrogen) atoms. The van der Waals surface area contributed by atoms with Gasteiger partial charge in [0, 0.05) is 49.9 Å². The molecule has 9 heteroatoms.